The summed E-state index contributed by atoms with van der Waals surface area (Å²) in [5.74, 6) is -0.213. The van der Waals surface area contributed by atoms with Crippen molar-refractivity contribution in [2.24, 2.45) is 0 Å². The maximum absolute atomic E-state index is 12.0. The highest BCUT2D eigenvalue weighted by Gasteiger charge is 2.25. The van der Waals surface area contributed by atoms with Crippen molar-refractivity contribution in [2.45, 2.75) is 19.5 Å². The lowest BCUT2D eigenvalue weighted by Crippen LogP contribution is -2.23. The number of rotatable bonds is 1. The Labute approximate surface area is 106 Å². The van der Waals surface area contributed by atoms with Crippen molar-refractivity contribution in [1.29, 1.82) is 5.26 Å². The summed E-state index contributed by atoms with van der Waals surface area (Å²) in [5.41, 5.74) is 1.54. The molecule has 0 spiro atoms. The molecule has 6 nitrogen and oxygen atoms in total. The number of hydrogen-bond donors (Lipinski definition) is 0. The highest BCUT2D eigenvalue weighted by atomic mass is 16.2. The molecule has 2 heterocycles. The van der Waals surface area contributed by atoms with Crippen LogP contribution in [0.2, 0.25) is 0 Å². The molecule has 0 aliphatic carbocycles. The molecular weight excluding hydrogens is 230 g/mol. The minimum atomic E-state index is -0.213. The SMILES string of the molecule is CN1CCCn2nc(C(=O)N(C)C)c(C#N)c2C1. The molecule has 0 aromatic carbocycles. The second-order valence-corrected chi connectivity index (χ2v) is 4.80. The first-order chi connectivity index (χ1) is 8.54. The van der Waals surface area contributed by atoms with Crippen LogP contribution in [0.25, 0.3) is 0 Å². The zero-order valence-corrected chi connectivity index (χ0v) is 11.0. The van der Waals surface area contributed by atoms with Gasteiger partial charge in [-0.25, -0.2) is 0 Å². The quantitative estimate of drug-likeness (QED) is 0.715. The van der Waals surface area contributed by atoms with Crippen molar-refractivity contribution < 1.29 is 4.79 Å². The summed E-state index contributed by atoms with van der Waals surface area (Å²) in [6, 6.07) is 2.13. The molecule has 2 rings (SSSR count). The number of hydrogen-bond acceptors (Lipinski definition) is 4. The molecule has 0 bridgehead atoms. The van der Waals surface area contributed by atoms with Gasteiger partial charge < -0.3 is 9.80 Å². The van der Waals surface area contributed by atoms with Gasteiger partial charge in [0.05, 0.1) is 5.69 Å². The van der Waals surface area contributed by atoms with Crippen LogP contribution in [0, 0.1) is 11.3 Å². The number of nitrogens with zero attached hydrogens (tertiary/aromatic N) is 5. The van der Waals surface area contributed by atoms with Gasteiger partial charge in [0.25, 0.3) is 5.91 Å². The van der Waals surface area contributed by atoms with E-state index < -0.39 is 0 Å². The minimum Gasteiger partial charge on any atom is -0.343 e. The van der Waals surface area contributed by atoms with Crippen LogP contribution < -0.4 is 0 Å². The zero-order valence-electron chi connectivity index (χ0n) is 11.0. The van der Waals surface area contributed by atoms with Crippen molar-refractivity contribution in [3.8, 4) is 6.07 Å². The molecule has 0 fully saturated rings. The van der Waals surface area contributed by atoms with E-state index in [2.05, 4.69) is 16.1 Å². The van der Waals surface area contributed by atoms with Gasteiger partial charge in [0.15, 0.2) is 5.69 Å². The summed E-state index contributed by atoms with van der Waals surface area (Å²) in [6.45, 7) is 2.40. The normalized spacial score (nSPS) is 15.7. The minimum absolute atomic E-state index is 0.213. The molecule has 0 saturated carbocycles. The van der Waals surface area contributed by atoms with E-state index in [9.17, 15) is 10.1 Å². The number of aromatic nitrogens is 2. The largest absolute Gasteiger partial charge is 0.343 e. The maximum Gasteiger partial charge on any atom is 0.275 e. The van der Waals surface area contributed by atoms with Crippen LogP contribution in [-0.4, -0.2) is 53.2 Å². The summed E-state index contributed by atoms with van der Waals surface area (Å²) in [5, 5.41) is 13.6. The molecule has 0 saturated heterocycles. The first-order valence-corrected chi connectivity index (χ1v) is 5.94. The molecule has 1 amide bonds. The van der Waals surface area contributed by atoms with E-state index in [1.165, 1.54) is 4.90 Å². The molecule has 1 aliphatic rings. The molecular formula is C12H17N5O. The number of carbonyl (C=O) groups is 1. The molecule has 1 aliphatic heterocycles. The van der Waals surface area contributed by atoms with Gasteiger partial charge in [0.2, 0.25) is 0 Å². The monoisotopic (exact) mass is 247 g/mol. The van der Waals surface area contributed by atoms with E-state index in [0.717, 1.165) is 25.2 Å². The average Bonchev–Trinajstić information content (AvgIpc) is 2.55. The molecule has 0 N–H and O–H groups in total. The van der Waals surface area contributed by atoms with Gasteiger partial charge in [-0.05, 0) is 13.5 Å². The molecule has 0 atom stereocenters. The van der Waals surface area contributed by atoms with Gasteiger partial charge in [-0.15, -0.1) is 0 Å². The van der Waals surface area contributed by atoms with Gasteiger partial charge in [0, 0.05) is 33.7 Å². The predicted octanol–water partition coefficient (Wildman–Crippen LogP) is 0.292. The molecule has 6 heteroatoms. The summed E-state index contributed by atoms with van der Waals surface area (Å²) < 4.78 is 1.80. The Morgan fingerprint density at radius 1 is 1.44 bits per heavy atom. The van der Waals surface area contributed by atoms with Crippen LogP contribution in [0.15, 0.2) is 0 Å². The van der Waals surface area contributed by atoms with Crippen LogP contribution in [0.4, 0.5) is 0 Å². The second-order valence-electron chi connectivity index (χ2n) is 4.80. The van der Waals surface area contributed by atoms with E-state index in [4.69, 9.17) is 0 Å². The van der Waals surface area contributed by atoms with Crippen LogP contribution >= 0.6 is 0 Å². The van der Waals surface area contributed by atoms with Crippen molar-refractivity contribution >= 4 is 5.91 Å². The van der Waals surface area contributed by atoms with E-state index in [0.29, 0.717) is 12.1 Å². The highest BCUT2D eigenvalue weighted by molar-refractivity contribution is 5.94. The Balaban J connectivity index is 2.49. The third-order valence-electron chi connectivity index (χ3n) is 3.11. The first kappa shape index (κ1) is 12.6. The fourth-order valence-corrected chi connectivity index (χ4v) is 2.15. The van der Waals surface area contributed by atoms with E-state index in [1.807, 2.05) is 7.05 Å². The third kappa shape index (κ3) is 2.09. The fourth-order valence-electron chi connectivity index (χ4n) is 2.15. The summed E-state index contributed by atoms with van der Waals surface area (Å²) in [7, 11) is 5.34. The van der Waals surface area contributed by atoms with Crippen molar-refractivity contribution in [3.63, 3.8) is 0 Å². The molecule has 18 heavy (non-hydrogen) atoms. The lowest BCUT2D eigenvalue weighted by atomic mass is 10.1. The highest BCUT2D eigenvalue weighted by Crippen LogP contribution is 2.19. The van der Waals surface area contributed by atoms with Crippen molar-refractivity contribution in [2.75, 3.05) is 27.7 Å². The Hall–Kier alpha value is -1.87. The van der Waals surface area contributed by atoms with Crippen molar-refractivity contribution in [1.82, 2.24) is 19.6 Å². The summed E-state index contributed by atoms with van der Waals surface area (Å²) >= 11 is 0. The molecule has 0 radical (unpaired) electrons. The Kier molecular flexibility index (Phi) is 3.34. The average molecular weight is 247 g/mol. The smallest absolute Gasteiger partial charge is 0.275 e. The first-order valence-electron chi connectivity index (χ1n) is 5.94. The van der Waals surface area contributed by atoms with E-state index in [1.54, 1.807) is 18.8 Å². The molecule has 96 valence electrons. The van der Waals surface area contributed by atoms with Crippen LogP contribution in [-0.2, 0) is 13.1 Å². The maximum atomic E-state index is 12.0. The lowest BCUT2D eigenvalue weighted by Gasteiger charge is -2.12. The number of aryl methyl sites for hydroxylation is 1. The number of amides is 1. The number of carbonyl (C=O) groups excluding carboxylic acids is 1. The van der Waals surface area contributed by atoms with Gasteiger partial charge in [0.1, 0.15) is 11.6 Å². The topological polar surface area (TPSA) is 65.2 Å². The summed E-state index contributed by atoms with van der Waals surface area (Å²) in [6.07, 6.45) is 0.978. The van der Waals surface area contributed by atoms with Crippen LogP contribution in [0.3, 0.4) is 0 Å². The van der Waals surface area contributed by atoms with Gasteiger partial charge in [-0.2, -0.15) is 10.4 Å². The van der Waals surface area contributed by atoms with Gasteiger partial charge in [-0.1, -0.05) is 0 Å². The fraction of sp³-hybridized carbons (Fsp3) is 0.583. The van der Waals surface area contributed by atoms with E-state index in [-0.39, 0.29) is 11.6 Å². The summed E-state index contributed by atoms with van der Waals surface area (Å²) in [4.78, 5) is 15.6. The third-order valence-corrected chi connectivity index (χ3v) is 3.11. The standard InChI is InChI=1S/C12H17N5O/c1-15(2)12(18)11-9(7-13)10-8-16(3)5-4-6-17(10)14-11/h4-6,8H2,1-3H3. The Bertz CT molecular complexity index is 511. The zero-order chi connectivity index (χ0) is 13.3. The second kappa shape index (κ2) is 4.78. The van der Waals surface area contributed by atoms with Crippen molar-refractivity contribution in [3.05, 3.63) is 17.0 Å². The van der Waals surface area contributed by atoms with Gasteiger partial charge in [-0.3, -0.25) is 9.48 Å². The van der Waals surface area contributed by atoms with Crippen LogP contribution in [0.5, 0.6) is 0 Å². The van der Waals surface area contributed by atoms with E-state index >= 15 is 0 Å². The van der Waals surface area contributed by atoms with Crippen LogP contribution in [0.1, 0.15) is 28.2 Å². The molecule has 1 aromatic heterocycles. The predicted molar refractivity (Wildman–Crippen MR) is 65.9 cm³/mol. The van der Waals surface area contributed by atoms with Gasteiger partial charge >= 0.3 is 0 Å². The molecule has 1 aromatic rings. The molecule has 0 unspecified atom stereocenters. The number of fused-ring (bicyclic) bond motifs is 1. The number of nitriles is 1. The lowest BCUT2D eigenvalue weighted by molar-refractivity contribution is 0.0820. The Morgan fingerprint density at radius 2 is 2.17 bits per heavy atom. The Morgan fingerprint density at radius 3 is 2.78 bits per heavy atom.